The van der Waals surface area contributed by atoms with Gasteiger partial charge < -0.3 is 19.9 Å². The summed E-state index contributed by atoms with van der Waals surface area (Å²) in [7, 11) is 3.99. The van der Waals surface area contributed by atoms with Crippen molar-refractivity contribution in [3.8, 4) is 17.3 Å². The zero-order valence-corrected chi connectivity index (χ0v) is 18.0. The van der Waals surface area contributed by atoms with Gasteiger partial charge in [-0.15, -0.1) is 10.2 Å². The van der Waals surface area contributed by atoms with E-state index in [0.717, 1.165) is 54.2 Å². The molecule has 0 bridgehead atoms. The maximum absolute atomic E-state index is 5.89. The van der Waals surface area contributed by atoms with Crippen molar-refractivity contribution in [1.29, 1.82) is 0 Å². The number of aromatic nitrogens is 5. The fraction of sp³-hybridized carbons (Fsp3) is 0.364. The first-order valence-corrected chi connectivity index (χ1v) is 10.6. The molecule has 1 N–H and O–H groups in total. The van der Waals surface area contributed by atoms with Crippen molar-refractivity contribution in [3.63, 3.8) is 0 Å². The van der Waals surface area contributed by atoms with Crippen LogP contribution in [0.15, 0.2) is 36.5 Å². The second-order valence-corrected chi connectivity index (χ2v) is 7.62. The summed E-state index contributed by atoms with van der Waals surface area (Å²) in [5.74, 6) is 1.32. The number of nitrogens with zero attached hydrogens (tertiary/aromatic N) is 7. The normalized spacial score (nSPS) is 13.5. The Kier molecular flexibility index (Phi) is 5.03. The molecule has 9 heteroatoms. The molecule has 4 aromatic rings. The van der Waals surface area contributed by atoms with Crippen LogP contribution >= 0.6 is 0 Å². The van der Waals surface area contributed by atoms with Crippen molar-refractivity contribution >= 4 is 27.9 Å². The zero-order chi connectivity index (χ0) is 21.4. The first-order valence-electron chi connectivity index (χ1n) is 10.6. The van der Waals surface area contributed by atoms with Crippen LogP contribution in [0.5, 0.6) is 5.75 Å². The van der Waals surface area contributed by atoms with E-state index in [1.165, 1.54) is 0 Å². The minimum absolute atomic E-state index is 0. The van der Waals surface area contributed by atoms with Crippen LogP contribution in [0.2, 0.25) is 0 Å². The second kappa shape index (κ2) is 7.99. The summed E-state index contributed by atoms with van der Waals surface area (Å²) in [5.41, 5.74) is 4.33. The lowest BCUT2D eigenvalue weighted by Crippen LogP contribution is -2.30. The molecule has 4 heterocycles. The van der Waals surface area contributed by atoms with Crippen molar-refractivity contribution in [2.24, 2.45) is 0 Å². The van der Waals surface area contributed by atoms with Crippen LogP contribution in [-0.2, 0) is 0 Å². The number of benzene rings is 1. The Bertz CT molecular complexity index is 1240. The number of fused-ring (bicyclic) bond motifs is 4. The third-order valence-corrected chi connectivity index (χ3v) is 5.74. The van der Waals surface area contributed by atoms with Crippen LogP contribution in [-0.4, -0.2) is 71.7 Å². The summed E-state index contributed by atoms with van der Waals surface area (Å²) in [6, 6.07) is 10.3. The number of para-hydroxylation sites is 1. The van der Waals surface area contributed by atoms with Gasteiger partial charge in [-0.25, -0.2) is 4.98 Å². The maximum Gasteiger partial charge on any atom is 0.222 e. The van der Waals surface area contributed by atoms with Crippen LogP contribution in [0.4, 0.5) is 11.4 Å². The Hall–Kier alpha value is -3.46. The molecule has 5 rings (SSSR count). The van der Waals surface area contributed by atoms with Gasteiger partial charge in [-0.1, -0.05) is 18.2 Å². The molecule has 0 amide bonds. The molecule has 1 aliphatic heterocycles. The molecule has 0 atom stereocenters. The number of likely N-dealkylation sites (N-methyl/N-ethyl adjacent to an activating group) is 3. The van der Waals surface area contributed by atoms with Crippen LogP contribution in [0, 0.1) is 0 Å². The molecule has 0 unspecified atom stereocenters. The van der Waals surface area contributed by atoms with Gasteiger partial charge in [-0.05, 0) is 26.1 Å². The predicted molar refractivity (Wildman–Crippen MR) is 124 cm³/mol. The molecule has 9 nitrogen and oxygen atoms in total. The molecule has 3 aromatic heterocycles. The highest BCUT2D eigenvalue weighted by molar-refractivity contribution is 5.92. The number of nitrogens with one attached hydrogen (secondary N) is 1. The quantitative estimate of drug-likeness (QED) is 0.509. The lowest BCUT2D eigenvalue weighted by Gasteiger charge is -2.26. The number of hydrogen-bond donors (Lipinski definition) is 1. The topological polar surface area (TPSA) is 83.7 Å². The van der Waals surface area contributed by atoms with Gasteiger partial charge in [0, 0.05) is 33.5 Å². The van der Waals surface area contributed by atoms with E-state index in [-0.39, 0.29) is 1.43 Å². The number of pyridine rings is 1. The van der Waals surface area contributed by atoms with Crippen molar-refractivity contribution in [2.45, 2.75) is 6.92 Å². The van der Waals surface area contributed by atoms with Crippen LogP contribution in [0.25, 0.3) is 28.1 Å². The molecule has 31 heavy (non-hydrogen) atoms. The highest BCUT2D eigenvalue weighted by atomic mass is 16.5. The fourth-order valence-electron chi connectivity index (χ4n) is 4.00. The van der Waals surface area contributed by atoms with Gasteiger partial charge in [-0.3, -0.25) is 0 Å². The Morgan fingerprint density at radius 3 is 2.97 bits per heavy atom. The average molecular weight is 421 g/mol. The molecule has 0 spiro atoms. The summed E-state index contributed by atoms with van der Waals surface area (Å²) in [6.45, 7) is 6.31. The summed E-state index contributed by atoms with van der Waals surface area (Å²) in [5, 5.41) is 17.7. The summed E-state index contributed by atoms with van der Waals surface area (Å²) < 4.78 is 7.61. The van der Waals surface area contributed by atoms with Crippen molar-refractivity contribution in [3.05, 3.63) is 36.5 Å². The van der Waals surface area contributed by atoms with Crippen LogP contribution in [0.1, 0.15) is 8.35 Å². The molecule has 0 saturated heterocycles. The molecule has 1 aliphatic rings. The maximum atomic E-state index is 5.89. The lowest BCUT2D eigenvalue weighted by atomic mass is 10.1. The van der Waals surface area contributed by atoms with E-state index in [2.05, 4.69) is 61.6 Å². The van der Waals surface area contributed by atoms with Crippen molar-refractivity contribution < 1.29 is 6.16 Å². The third-order valence-electron chi connectivity index (χ3n) is 5.74. The van der Waals surface area contributed by atoms with Gasteiger partial charge >= 0.3 is 0 Å². The molecule has 0 fully saturated rings. The van der Waals surface area contributed by atoms with Gasteiger partial charge in [0.05, 0.1) is 23.9 Å². The van der Waals surface area contributed by atoms with E-state index in [4.69, 9.17) is 9.72 Å². The Labute approximate surface area is 182 Å². The van der Waals surface area contributed by atoms with E-state index in [9.17, 15) is 0 Å². The summed E-state index contributed by atoms with van der Waals surface area (Å²) in [6.07, 6.45) is 1.80. The number of rotatable bonds is 6. The molecule has 1 aromatic carbocycles. The minimum atomic E-state index is 0. The number of anilines is 2. The predicted octanol–water partition coefficient (Wildman–Crippen LogP) is 2.46. The minimum Gasteiger partial charge on any atom is -0.486 e. The van der Waals surface area contributed by atoms with E-state index in [1.54, 1.807) is 10.7 Å². The summed E-state index contributed by atoms with van der Waals surface area (Å²) in [4.78, 5) is 9.44. The molecule has 0 radical (unpaired) electrons. The first-order chi connectivity index (χ1) is 15.2. The number of hydrogen-bond acceptors (Lipinski definition) is 8. The highest BCUT2D eigenvalue weighted by Gasteiger charge is 2.23. The Balaban J connectivity index is 0.00000245. The van der Waals surface area contributed by atoms with Gasteiger partial charge in [-0.2, -0.15) is 9.61 Å². The molecule has 162 valence electrons. The van der Waals surface area contributed by atoms with E-state index in [0.29, 0.717) is 23.8 Å². The Morgan fingerprint density at radius 1 is 1.23 bits per heavy atom. The molecular weight excluding hydrogens is 392 g/mol. The zero-order valence-electron chi connectivity index (χ0n) is 18.0. The third kappa shape index (κ3) is 3.31. The largest absolute Gasteiger partial charge is 0.486 e. The molecule has 0 saturated carbocycles. The Morgan fingerprint density at radius 2 is 2.13 bits per heavy atom. The smallest absolute Gasteiger partial charge is 0.222 e. The fourth-order valence-corrected chi connectivity index (χ4v) is 4.00. The highest BCUT2D eigenvalue weighted by Crippen LogP contribution is 2.34. The van der Waals surface area contributed by atoms with Crippen LogP contribution in [0.3, 0.4) is 0 Å². The van der Waals surface area contributed by atoms with Gasteiger partial charge in [0.15, 0.2) is 5.75 Å². The van der Waals surface area contributed by atoms with E-state index < -0.39 is 0 Å². The average Bonchev–Trinajstić information content (AvgIpc) is 3.24. The molecular formula is C22H28N8O. The number of ether oxygens (including phenoxy) is 1. The standard InChI is InChI=1S/C22H26N8O.H2/c1-4-29(11-10-23-2)17-7-5-6-15-8-9-16(25-19(15)17)21-26-27-22-20-18(14-24-30(21)22)28(3)12-13-31-20;/h5-9,14,23H,4,10-13H2,1-3H3;1H. The second-order valence-electron chi connectivity index (χ2n) is 7.62. The lowest BCUT2D eigenvalue weighted by molar-refractivity contribution is 0.312. The van der Waals surface area contributed by atoms with Crippen molar-refractivity contribution in [1.82, 2.24) is 30.1 Å². The molecule has 0 aliphatic carbocycles. The van der Waals surface area contributed by atoms with Gasteiger partial charge in [0.2, 0.25) is 11.5 Å². The van der Waals surface area contributed by atoms with Gasteiger partial charge in [0.25, 0.3) is 0 Å². The first kappa shape index (κ1) is 19.5. The van der Waals surface area contributed by atoms with Gasteiger partial charge in [0.1, 0.15) is 18.0 Å². The van der Waals surface area contributed by atoms with Crippen LogP contribution < -0.4 is 19.9 Å². The van der Waals surface area contributed by atoms with E-state index in [1.807, 2.05) is 20.2 Å². The monoisotopic (exact) mass is 420 g/mol. The SMILES string of the molecule is CCN(CCNC)c1cccc2ccc(-c3nnc4c5c(cnn34)N(C)CCO5)nc12.[HH]. The van der Waals surface area contributed by atoms with E-state index >= 15 is 0 Å². The van der Waals surface area contributed by atoms with Crippen molar-refractivity contribution in [2.75, 3.05) is 56.7 Å². The summed E-state index contributed by atoms with van der Waals surface area (Å²) >= 11 is 0.